The third kappa shape index (κ3) is 3.98. The molecule has 8 heteroatoms. The maximum absolute atomic E-state index is 13.3. The molecule has 160 valence electrons. The number of likely N-dealkylation sites (tertiary alicyclic amines) is 1. The minimum Gasteiger partial charge on any atom is -0.351 e. The Bertz CT molecular complexity index is 1340. The van der Waals surface area contributed by atoms with Crippen molar-refractivity contribution in [3.8, 4) is 0 Å². The average molecular weight is 441 g/mol. The molecule has 1 aliphatic rings. The minimum atomic E-state index is -0.779. The highest BCUT2D eigenvalue weighted by Gasteiger charge is 2.21. The van der Waals surface area contributed by atoms with Crippen molar-refractivity contribution in [2.24, 2.45) is 0 Å². The molecule has 3 heterocycles. The van der Waals surface area contributed by atoms with E-state index in [2.05, 4.69) is 10.3 Å². The maximum Gasteiger partial charge on any atom is 0.265 e. The van der Waals surface area contributed by atoms with Crippen LogP contribution in [-0.2, 0) is 0 Å². The van der Waals surface area contributed by atoms with Crippen LogP contribution in [-0.4, -0.2) is 52.5 Å². The molecule has 1 unspecified atom stereocenters. The summed E-state index contributed by atoms with van der Waals surface area (Å²) in [5.74, 6) is -0.295. The molecule has 0 spiro atoms. The summed E-state index contributed by atoms with van der Waals surface area (Å²) in [4.78, 5) is 32.5. The molecule has 0 radical (unpaired) electrons. The first-order valence-corrected chi connectivity index (χ1v) is 10.1. The molecule has 0 bridgehead atoms. The van der Waals surface area contributed by atoms with Gasteiger partial charge in [0.05, 0.1) is 16.5 Å². The van der Waals surface area contributed by atoms with Crippen molar-refractivity contribution in [2.45, 2.75) is 12.6 Å². The number of benzene rings is 2. The smallest absolute Gasteiger partial charge is 0.265 e. The van der Waals surface area contributed by atoms with Gasteiger partial charge < -0.3 is 5.32 Å². The van der Waals surface area contributed by atoms with E-state index in [1.54, 1.807) is 18.3 Å². The summed E-state index contributed by atoms with van der Waals surface area (Å²) in [5.41, 5.74) is 1.02. The summed E-state index contributed by atoms with van der Waals surface area (Å²) in [7, 11) is 0. The number of hydrogen-bond donors (Lipinski definition) is 1. The number of nitrogens with zero attached hydrogens (tertiary/aromatic N) is 3. The molecule has 1 aliphatic heterocycles. The van der Waals surface area contributed by atoms with Crippen LogP contribution in [0.15, 0.2) is 59.5 Å². The summed E-state index contributed by atoms with van der Waals surface area (Å²) >= 11 is 0. The van der Waals surface area contributed by atoms with Gasteiger partial charge in [-0.05, 0) is 41.5 Å². The van der Waals surface area contributed by atoms with Crippen molar-refractivity contribution in [3.63, 3.8) is 0 Å². The van der Waals surface area contributed by atoms with E-state index in [9.17, 15) is 14.0 Å². The van der Waals surface area contributed by atoms with Crippen molar-refractivity contribution in [1.29, 1.82) is 0 Å². The van der Waals surface area contributed by atoms with E-state index in [0.29, 0.717) is 54.7 Å². The van der Waals surface area contributed by atoms with Crippen LogP contribution in [0.2, 0.25) is 0 Å². The van der Waals surface area contributed by atoms with Crippen molar-refractivity contribution in [3.05, 3.63) is 70.6 Å². The number of amides is 1. The Balaban J connectivity index is 0.00000231. The molecule has 5 rings (SSSR count). The SMILES string of the molecule is Cl.O=C(NCCN1CCC(F)C1)c1cccn2c(=O)c3cc4ccccc4cc3nc12. The van der Waals surface area contributed by atoms with Crippen LogP contribution < -0.4 is 10.9 Å². The van der Waals surface area contributed by atoms with E-state index < -0.39 is 6.17 Å². The molecule has 6 nitrogen and oxygen atoms in total. The standard InChI is InChI=1S/C23H21FN4O2.ClH/c24-17-7-10-27(14-17)11-8-25-22(29)18-6-3-9-28-21(18)26-20-13-16-5-2-1-4-15(16)12-19(20)23(28)30;/h1-6,9,12-13,17H,7-8,10-11,14H2,(H,25,29);1H. The predicted octanol–water partition coefficient (Wildman–Crippen LogP) is 3.20. The highest BCUT2D eigenvalue weighted by molar-refractivity contribution is 6.02. The van der Waals surface area contributed by atoms with Gasteiger partial charge in [-0.15, -0.1) is 12.4 Å². The normalized spacial score (nSPS) is 16.6. The lowest BCUT2D eigenvalue weighted by Crippen LogP contribution is -2.34. The van der Waals surface area contributed by atoms with Gasteiger partial charge in [-0.25, -0.2) is 9.37 Å². The molecule has 2 aromatic heterocycles. The summed E-state index contributed by atoms with van der Waals surface area (Å²) in [6, 6.07) is 14.8. The number of halogens is 2. The number of pyridine rings is 1. The van der Waals surface area contributed by atoms with Gasteiger partial charge in [-0.3, -0.25) is 18.9 Å². The van der Waals surface area contributed by atoms with Crippen LogP contribution >= 0.6 is 12.4 Å². The van der Waals surface area contributed by atoms with Crippen LogP contribution in [0.4, 0.5) is 4.39 Å². The Morgan fingerprint density at radius 2 is 1.94 bits per heavy atom. The van der Waals surface area contributed by atoms with Gasteiger partial charge in [-0.2, -0.15) is 0 Å². The minimum absolute atomic E-state index is 0. The Hall–Kier alpha value is -3.03. The second-order valence-corrected chi connectivity index (χ2v) is 7.69. The summed E-state index contributed by atoms with van der Waals surface area (Å²) < 4.78 is 14.7. The molecule has 1 N–H and O–H groups in total. The Kier molecular flexibility index (Phi) is 5.89. The van der Waals surface area contributed by atoms with Crippen molar-refractivity contribution in [1.82, 2.24) is 19.6 Å². The lowest BCUT2D eigenvalue weighted by atomic mass is 10.1. The van der Waals surface area contributed by atoms with Gasteiger partial charge in [0.25, 0.3) is 11.5 Å². The molecular formula is C23H22ClFN4O2. The third-order valence-corrected chi connectivity index (χ3v) is 5.68. The van der Waals surface area contributed by atoms with E-state index >= 15 is 0 Å². The zero-order valence-electron chi connectivity index (χ0n) is 16.8. The summed E-state index contributed by atoms with van der Waals surface area (Å²) in [5, 5.41) is 5.34. The second kappa shape index (κ2) is 8.61. The van der Waals surface area contributed by atoms with Crippen LogP contribution in [0.25, 0.3) is 27.3 Å². The zero-order chi connectivity index (χ0) is 20.7. The highest BCUT2D eigenvalue weighted by atomic mass is 35.5. The van der Waals surface area contributed by atoms with E-state index in [0.717, 1.165) is 10.8 Å². The van der Waals surface area contributed by atoms with Gasteiger partial charge >= 0.3 is 0 Å². The number of fused-ring (bicyclic) bond motifs is 3. The molecule has 0 aliphatic carbocycles. The molecule has 1 saturated heterocycles. The van der Waals surface area contributed by atoms with Gasteiger partial charge in [0.2, 0.25) is 0 Å². The summed E-state index contributed by atoms with van der Waals surface area (Å²) in [6.45, 7) is 2.14. The fraction of sp³-hybridized carbons (Fsp3) is 0.261. The average Bonchev–Trinajstić information content (AvgIpc) is 3.17. The molecule has 1 atom stereocenters. The highest BCUT2D eigenvalue weighted by Crippen LogP contribution is 2.20. The fourth-order valence-corrected chi connectivity index (χ4v) is 4.10. The Morgan fingerprint density at radius 3 is 2.68 bits per heavy atom. The number of alkyl halides is 1. The molecular weight excluding hydrogens is 419 g/mol. The van der Waals surface area contributed by atoms with Crippen LogP contribution in [0.1, 0.15) is 16.8 Å². The molecule has 4 aromatic rings. The quantitative estimate of drug-likeness (QED) is 0.495. The summed E-state index contributed by atoms with van der Waals surface area (Å²) in [6.07, 6.45) is 1.40. The van der Waals surface area contributed by atoms with Crippen LogP contribution in [0.5, 0.6) is 0 Å². The van der Waals surface area contributed by atoms with Crippen molar-refractivity contribution < 1.29 is 9.18 Å². The number of nitrogens with one attached hydrogen (secondary N) is 1. The number of aromatic nitrogens is 2. The molecule has 1 fully saturated rings. The fourth-order valence-electron chi connectivity index (χ4n) is 4.10. The largest absolute Gasteiger partial charge is 0.351 e. The Labute approximate surface area is 184 Å². The monoisotopic (exact) mass is 440 g/mol. The maximum atomic E-state index is 13.3. The number of carbonyl (C=O) groups is 1. The van der Waals surface area contributed by atoms with Crippen molar-refractivity contribution >= 4 is 45.6 Å². The molecule has 31 heavy (non-hydrogen) atoms. The van der Waals surface area contributed by atoms with E-state index in [4.69, 9.17) is 0 Å². The second-order valence-electron chi connectivity index (χ2n) is 7.69. The zero-order valence-corrected chi connectivity index (χ0v) is 17.6. The van der Waals surface area contributed by atoms with Gasteiger partial charge in [0.1, 0.15) is 6.17 Å². The molecule has 0 saturated carbocycles. The Morgan fingerprint density at radius 1 is 1.16 bits per heavy atom. The first-order valence-electron chi connectivity index (χ1n) is 10.1. The topological polar surface area (TPSA) is 66.7 Å². The van der Waals surface area contributed by atoms with E-state index in [1.807, 2.05) is 41.3 Å². The van der Waals surface area contributed by atoms with Gasteiger partial charge in [0, 0.05) is 32.4 Å². The third-order valence-electron chi connectivity index (χ3n) is 5.68. The van der Waals surface area contributed by atoms with Gasteiger partial charge in [0.15, 0.2) is 5.65 Å². The van der Waals surface area contributed by atoms with E-state index in [-0.39, 0.29) is 23.9 Å². The lowest BCUT2D eigenvalue weighted by Gasteiger charge is -2.15. The lowest BCUT2D eigenvalue weighted by molar-refractivity contribution is 0.0950. The van der Waals surface area contributed by atoms with E-state index in [1.165, 1.54) is 4.40 Å². The van der Waals surface area contributed by atoms with Crippen molar-refractivity contribution in [2.75, 3.05) is 26.2 Å². The first-order chi connectivity index (χ1) is 14.6. The predicted molar refractivity (Wildman–Crippen MR) is 122 cm³/mol. The number of hydrogen-bond acceptors (Lipinski definition) is 4. The number of rotatable bonds is 4. The van der Waals surface area contributed by atoms with Gasteiger partial charge in [-0.1, -0.05) is 24.3 Å². The van der Waals surface area contributed by atoms with Crippen LogP contribution in [0, 0.1) is 0 Å². The number of carbonyl (C=O) groups excluding carboxylic acids is 1. The molecule has 1 amide bonds. The first kappa shape index (κ1) is 21.2. The molecule has 2 aromatic carbocycles. The van der Waals surface area contributed by atoms with Crippen LogP contribution in [0.3, 0.4) is 0 Å².